The zero-order valence-corrected chi connectivity index (χ0v) is 13.1. The molecule has 1 aliphatic heterocycles. The van der Waals surface area contributed by atoms with E-state index in [2.05, 4.69) is 5.32 Å². The molecule has 120 valence electrons. The molecule has 1 fully saturated rings. The first kappa shape index (κ1) is 16.1. The molecule has 1 aromatic rings. The first-order chi connectivity index (χ1) is 10.4. The molecular formula is C15H21N3O4. The number of carbonyl (C=O) groups is 2. The lowest BCUT2D eigenvalue weighted by atomic mass is 10.1. The molecule has 0 spiro atoms. The van der Waals surface area contributed by atoms with Gasteiger partial charge in [0.15, 0.2) is 0 Å². The molecule has 2 amide bonds. The first-order valence-corrected chi connectivity index (χ1v) is 7.29. The van der Waals surface area contributed by atoms with E-state index in [0.717, 1.165) is 17.7 Å². The van der Waals surface area contributed by atoms with Gasteiger partial charge >= 0.3 is 6.09 Å². The van der Waals surface area contributed by atoms with Crippen molar-refractivity contribution in [1.82, 2.24) is 14.8 Å². The van der Waals surface area contributed by atoms with E-state index in [1.54, 1.807) is 18.0 Å². The normalized spacial score (nSPS) is 14.7. The molecule has 0 aromatic carbocycles. The lowest BCUT2D eigenvalue weighted by molar-refractivity contribution is 0.0719. The van der Waals surface area contributed by atoms with E-state index >= 15 is 0 Å². The van der Waals surface area contributed by atoms with E-state index in [1.807, 2.05) is 13.8 Å². The van der Waals surface area contributed by atoms with Crippen molar-refractivity contribution in [1.29, 1.82) is 0 Å². The smallest absolute Gasteiger partial charge is 0.409 e. The van der Waals surface area contributed by atoms with Gasteiger partial charge in [0.25, 0.3) is 11.5 Å². The van der Waals surface area contributed by atoms with Crippen molar-refractivity contribution in [2.75, 3.05) is 26.2 Å². The Morgan fingerprint density at radius 2 is 2.09 bits per heavy atom. The van der Waals surface area contributed by atoms with Gasteiger partial charge in [0, 0.05) is 32.4 Å². The molecule has 1 aromatic heterocycles. The molecule has 22 heavy (non-hydrogen) atoms. The summed E-state index contributed by atoms with van der Waals surface area (Å²) in [6, 6.07) is 1.60. The molecule has 0 unspecified atom stereocenters. The van der Waals surface area contributed by atoms with Crippen LogP contribution < -0.4 is 10.9 Å². The summed E-state index contributed by atoms with van der Waals surface area (Å²) in [7, 11) is 1.64. The fraction of sp³-hybridized carbons (Fsp3) is 0.533. The highest BCUT2D eigenvalue weighted by atomic mass is 16.6. The molecule has 0 atom stereocenters. The zero-order chi connectivity index (χ0) is 16.3. The number of aryl methyl sites for hydroxylation is 1. The van der Waals surface area contributed by atoms with Crippen LogP contribution in [0.4, 0.5) is 4.79 Å². The zero-order valence-electron chi connectivity index (χ0n) is 13.1. The number of hydrogen-bond acceptors (Lipinski definition) is 4. The van der Waals surface area contributed by atoms with Gasteiger partial charge in [-0.3, -0.25) is 9.59 Å². The van der Waals surface area contributed by atoms with Gasteiger partial charge in [-0.2, -0.15) is 0 Å². The minimum absolute atomic E-state index is 0.117. The van der Waals surface area contributed by atoms with Crippen LogP contribution in [-0.4, -0.2) is 47.7 Å². The number of rotatable bonds is 4. The molecule has 2 heterocycles. The summed E-state index contributed by atoms with van der Waals surface area (Å²) >= 11 is 0. The molecule has 7 heteroatoms. The van der Waals surface area contributed by atoms with Crippen LogP contribution in [0.5, 0.6) is 0 Å². The molecule has 0 saturated carbocycles. The number of aromatic nitrogens is 1. The summed E-state index contributed by atoms with van der Waals surface area (Å²) in [5.41, 5.74) is 1.51. The Morgan fingerprint density at radius 3 is 2.77 bits per heavy atom. The van der Waals surface area contributed by atoms with Crippen molar-refractivity contribution < 1.29 is 14.3 Å². The maximum absolute atomic E-state index is 12.1. The van der Waals surface area contributed by atoms with Gasteiger partial charge in [-0.1, -0.05) is 0 Å². The minimum Gasteiger partial charge on any atom is -0.449 e. The van der Waals surface area contributed by atoms with Gasteiger partial charge in [-0.25, -0.2) is 4.79 Å². The molecule has 1 saturated heterocycles. The highest BCUT2D eigenvalue weighted by molar-refractivity contribution is 5.94. The van der Waals surface area contributed by atoms with Crippen LogP contribution >= 0.6 is 0 Å². The van der Waals surface area contributed by atoms with E-state index in [9.17, 15) is 14.4 Å². The van der Waals surface area contributed by atoms with Gasteiger partial charge < -0.3 is 19.5 Å². The summed E-state index contributed by atoms with van der Waals surface area (Å²) in [6.07, 6.45) is 0.430. The third kappa shape index (κ3) is 3.29. The number of nitrogens with one attached hydrogen (secondary N) is 1. The summed E-state index contributed by atoms with van der Waals surface area (Å²) in [6.45, 7) is 5.41. The fourth-order valence-corrected chi connectivity index (χ4v) is 2.34. The number of ether oxygens (including phenoxy) is 1. The Morgan fingerprint density at radius 1 is 1.36 bits per heavy atom. The maximum atomic E-state index is 12.1. The fourth-order valence-electron chi connectivity index (χ4n) is 2.34. The molecule has 1 N–H and O–H groups in total. The second-order valence-electron chi connectivity index (χ2n) is 5.40. The molecule has 1 aliphatic rings. The Labute approximate surface area is 128 Å². The van der Waals surface area contributed by atoms with Gasteiger partial charge in [0.2, 0.25) is 0 Å². The predicted molar refractivity (Wildman–Crippen MR) is 81.0 cm³/mol. The first-order valence-electron chi connectivity index (χ1n) is 7.29. The minimum atomic E-state index is -0.422. The van der Waals surface area contributed by atoms with Crippen LogP contribution in [0.25, 0.3) is 0 Å². The van der Waals surface area contributed by atoms with Crippen LogP contribution in [0.2, 0.25) is 0 Å². The van der Waals surface area contributed by atoms with Crippen molar-refractivity contribution in [2.24, 2.45) is 7.05 Å². The van der Waals surface area contributed by atoms with E-state index < -0.39 is 5.91 Å². The molecule has 0 radical (unpaired) electrons. The van der Waals surface area contributed by atoms with Crippen LogP contribution in [0, 0.1) is 13.8 Å². The van der Waals surface area contributed by atoms with E-state index in [4.69, 9.17) is 4.74 Å². The molecule has 0 aliphatic carbocycles. The Balaban J connectivity index is 1.98. The van der Waals surface area contributed by atoms with Crippen LogP contribution in [0.3, 0.4) is 0 Å². The number of cyclic esters (lactones) is 1. The van der Waals surface area contributed by atoms with Crippen LogP contribution in [0.15, 0.2) is 10.9 Å². The van der Waals surface area contributed by atoms with Gasteiger partial charge in [0.1, 0.15) is 5.56 Å². The van der Waals surface area contributed by atoms with Crippen LogP contribution in [-0.2, 0) is 11.8 Å². The Hall–Kier alpha value is -2.31. The summed E-state index contributed by atoms with van der Waals surface area (Å²) < 4.78 is 6.38. The summed E-state index contributed by atoms with van der Waals surface area (Å²) in [4.78, 5) is 37.3. The Bertz CT molecular complexity index is 651. The summed E-state index contributed by atoms with van der Waals surface area (Å²) in [5.74, 6) is -0.422. The van der Waals surface area contributed by atoms with Crippen molar-refractivity contribution >= 4 is 12.0 Å². The van der Waals surface area contributed by atoms with Gasteiger partial charge in [0.05, 0.1) is 6.61 Å². The third-order valence-electron chi connectivity index (χ3n) is 3.94. The second-order valence-corrected chi connectivity index (χ2v) is 5.40. The average Bonchev–Trinajstić information content (AvgIpc) is 2.50. The van der Waals surface area contributed by atoms with Crippen molar-refractivity contribution in [3.63, 3.8) is 0 Å². The topological polar surface area (TPSA) is 80.6 Å². The van der Waals surface area contributed by atoms with Crippen LogP contribution in [0.1, 0.15) is 28.0 Å². The molecule has 7 nitrogen and oxygen atoms in total. The third-order valence-corrected chi connectivity index (χ3v) is 3.94. The maximum Gasteiger partial charge on any atom is 0.409 e. The second kappa shape index (κ2) is 6.64. The lowest BCUT2D eigenvalue weighted by Crippen LogP contribution is -2.43. The van der Waals surface area contributed by atoms with E-state index in [1.165, 1.54) is 4.57 Å². The van der Waals surface area contributed by atoms with E-state index in [-0.39, 0.29) is 23.8 Å². The largest absolute Gasteiger partial charge is 0.449 e. The van der Waals surface area contributed by atoms with Crippen molar-refractivity contribution in [3.8, 4) is 0 Å². The summed E-state index contributed by atoms with van der Waals surface area (Å²) in [5, 5.41) is 2.68. The Kier molecular flexibility index (Phi) is 4.85. The average molecular weight is 307 g/mol. The monoisotopic (exact) mass is 307 g/mol. The number of pyridine rings is 1. The quantitative estimate of drug-likeness (QED) is 0.882. The highest BCUT2D eigenvalue weighted by Crippen LogP contribution is 2.06. The number of hydrogen-bond donors (Lipinski definition) is 1. The van der Waals surface area contributed by atoms with E-state index in [0.29, 0.717) is 19.7 Å². The predicted octanol–water partition coefficient (Wildman–Crippen LogP) is 0.574. The molecular weight excluding hydrogens is 286 g/mol. The van der Waals surface area contributed by atoms with Gasteiger partial charge in [-0.15, -0.1) is 0 Å². The number of carbonyl (C=O) groups excluding carboxylic acids is 2. The SMILES string of the molecule is Cc1cc(C(=O)NCCN2CCCOC2=O)c(=O)n(C)c1C. The number of amides is 2. The number of nitrogens with zero attached hydrogens (tertiary/aromatic N) is 2. The van der Waals surface area contributed by atoms with Gasteiger partial charge in [-0.05, 0) is 31.9 Å². The van der Waals surface area contributed by atoms with Crippen molar-refractivity contribution in [3.05, 3.63) is 33.2 Å². The molecule has 2 rings (SSSR count). The highest BCUT2D eigenvalue weighted by Gasteiger charge is 2.20. The van der Waals surface area contributed by atoms with Crippen molar-refractivity contribution in [2.45, 2.75) is 20.3 Å². The standard InChI is InChI=1S/C15H21N3O4/c1-10-9-12(14(20)17(3)11(10)2)13(19)16-5-7-18-6-4-8-22-15(18)21/h9H,4-8H2,1-3H3,(H,16,19). The molecule has 0 bridgehead atoms. The lowest BCUT2D eigenvalue weighted by Gasteiger charge is -2.26.